The van der Waals surface area contributed by atoms with Gasteiger partial charge in [0.05, 0.1) is 0 Å². The molecule has 1 aromatic carbocycles. The average Bonchev–Trinajstić information content (AvgIpc) is 2.51. The van der Waals surface area contributed by atoms with Crippen molar-refractivity contribution in [2.24, 2.45) is 5.41 Å². The Bertz CT molecular complexity index is 480. The van der Waals surface area contributed by atoms with Gasteiger partial charge in [-0.05, 0) is 44.2 Å². The van der Waals surface area contributed by atoms with Crippen LogP contribution in [0.15, 0.2) is 24.3 Å². The molecule has 20 heavy (non-hydrogen) atoms. The summed E-state index contributed by atoms with van der Waals surface area (Å²) >= 11 is 0. The Kier molecular flexibility index (Phi) is 3.79. The van der Waals surface area contributed by atoms with Crippen molar-refractivity contribution in [3.63, 3.8) is 0 Å². The van der Waals surface area contributed by atoms with Crippen LogP contribution in [0.2, 0.25) is 0 Å². The predicted molar refractivity (Wildman–Crippen MR) is 80.1 cm³/mol. The Hall–Kier alpha value is -1.35. The third-order valence-electron chi connectivity index (χ3n) is 4.89. The summed E-state index contributed by atoms with van der Waals surface area (Å²) in [5.41, 5.74) is 2.51. The molecule has 2 heterocycles. The molecule has 0 N–H and O–H groups in total. The summed E-state index contributed by atoms with van der Waals surface area (Å²) in [4.78, 5) is 14.1. The lowest BCUT2D eigenvalue weighted by atomic mass is 9.80. The van der Waals surface area contributed by atoms with E-state index in [9.17, 15) is 4.79 Å². The smallest absolute Gasteiger partial charge is 0.128 e. The van der Waals surface area contributed by atoms with Crippen LogP contribution in [0.1, 0.15) is 31.7 Å². The monoisotopic (exact) mass is 273 g/mol. The Morgan fingerprint density at radius 1 is 1.35 bits per heavy atom. The number of rotatable bonds is 3. The van der Waals surface area contributed by atoms with Crippen LogP contribution in [0.4, 0.5) is 5.69 Å². The Morgan fingerprint density at radius 2 is 2.10 bits per heavy atom. The van der Waals surface area contributed by atoms with Crippen molar-refractivity contribution < 1.29 is 9.53 Å². The van der Waals surface area contributed by atoms with Crippen molar-refractivity contribution in [1.29, 1.82) is 0 Å². The lowest BCUT2D eigenvalue weighted by molar-refractivity contribution is -0.120. The predicted octanol–water partition coefficient (Wildman–Crippen LogP) is 2.82. The van der Waals surface area contributed by atoms with Crippen molar-refractivity contribution >= 4 is 12.0 Å². The van der Waals surface area contributed by atoms with Crippen molar-refractivity contribution in [1.82, 2.24) is 0 Å². The number of para-hydroxylation sites is 1. The van der Waals surface area contributed by atoms with Crippen molar-refractivity contribution in [2.45, 2.75) is 38.6 Å². The number of fused-ring (bicyclic) bond motifs is 1. The summed E-state index contributed by atoms with van der Waals surface area (Å²) in [6.45, 7) is 4.52. The van der Waals surface area contributed by atoms with Crippen LogP contribution in [-0.4, -0.2) is 32.1 Å². The maximum atomic E-state index is 11.7. The highest BCUT2D eigenvalue weighted by Gasteiger charge is 2.36. The first-order chi connectivity index (χ1) is 9.74. The van der Waals surface area contributed by atoms with Crippen molar-refractivity contribution in [3.8, 4) is 0 Å². The number of aldehydes is 1. The number of aryl methyl sites for hydroxylation is 1. The van der Waals surface area contributed by atoms with E-state index in [1.54, 1.807) is 0 Å². The van der Waals surface area contributed by atoms with Crippen LogP contribution in [-0.2, 0) is 16.0 Å². The van der Waals surface area contributed by atoms with E-state index < -0.39 is 0 Å². The second kappa shape index (κ2) is 5.57. The van der Waals surface area contributed by atoms with Gasteiger partial charge in [-0.3, -0.25) is 0 Å². The fraction of sp³-hybridized carbons (Fsp3) is 0.588. The van der Waals surface area contributed by atoms with Crippen molar-refractivity contribution in [2.75, 3.05) is 24.7 Å². The first-order valence-electron chi connectivity index (χ1n) is 7.63. The number of ether oxygens (including phenoxy) is 1. The molecule has 0 aromatic heterocycles. The first kappa shape index (κ1) is 13.6. The quantitative estimate of drug-likeness (QED) is 0.793. The lowest BCUT2D eigenvalue weighted by Crippen LogP contribution is -2.47. The molecule has 1 fully saturated rings. The van der Waals surface area contributed by atoms with Gasteiger partial charge in [0, 0.05) is 36.9 Å². The summed E-state index contributed by atoms with van der Waals surface area (Å²) in [5.74, 6) is 0. The summed E-state index contributed by atoms with van der Waals surface area (Å²) < 4.78 is 5.43. The molecule has 1 aromatic rings. The van der Waals surface area contributed by atoms with E-state index in [2.05, 4.69) is 36.1 Å². The number of anilines is 1. The SMILES string of the molecule is CC1CCc2ccccc2N1CC1(C=O)CCOCC1. The zero-order chi connectivity index (χ0) is 14.0. The summed E-state index contributed by atoms with van der Waals surface area (Å²) in [6.07, 6.45) is 5.19. The molecule has 0 aliphatic carbocycles. The van der Waals surface area contributed by atoms with E-state index in [1.807, 2.05) is 0 Å². The fourth-order valence-electron chi connectivity index (χ4n) is 3.43. The topological polar surface area (TPSA) is 29.5 Å². The van der Waals surface area contributed by atoms with E-state index in [-0.39, 0.29) is 5.41 Å². The van der Waals surface area contributed by atoms with E-state index in [0.717, 1.165) is 25.8 Å². The molecule has 1 atom stereocenters. The number of hydrogen-bond donors (Lipinski definition) is 0. The van der Waals surface area contributed by atoms with Crippen LogP contribution < -0.4 is 4.90 Å². The first-order valence-corrected chi connectivity index (χ1v) is 7.63. The van der Waals surface area contributed by atoms with E-state index >= 15 is 0 Å². The third kappa shape index (κ3) is 2.47. The van der Waals surface area contributed by atoms with Gasteiger partial charge in [-0.2, -0.15) is 0 Å². The minimum Gasteiger partial charge on any atom is -0.381 e. The maximum Gasteiger partial charge on any atom is 0.128 e. The minimum atomic E-state index is -0.225. The van der Waals surface area contributed by atoms with Crippen molar-refractivity contribution in [3.05, 3.63) is 29.8 Å². The van der Waals surface area contributed by atoms with E-state index in [1.165, 1.54) is 24.0 Å². The average molecular weight is 273 g/mol. The van der Waals surface area contributed by atoms with E-state index in [4.69, 9.17) is 4.74 Å². The summed E-state index contributed by atoms with van der Waals surface area (Å²) in [5, 5.41) is 0. The van der Waals surface area contributed by atoms with Crippen LogP contribution in [0.25, 0.3) is 0 Å². The highest BCUT2D eigenvalue weighted by atomic mass is 16.5. The van der Waals surface area contributed by atoms with Gasteiger partial charge in [0.15, 0.2) is 0 Å². The van der Waals surface area contributed by atoms with Gasteiger partial charge in [0.1, 0.15) is 6.29 Å². The molecule has 0 spiro atoms. The van der Waals surface area contributed by atoms with Gasteiger partial charge in [-0.25, -0.2) is 0 Å². The molecule has 0 radical (unpaired) electrons. The minimum absolute atomic E-state index is 0.225. The highest BCUT2D eigenvalue weighted by Crippen LogP contribution is 2.36. The van der Waals surface area contributed by atoms with Crippen LogP contribution in [0.5, 0.6) is 0 Å². The molecule has 3 rings (SSSR count). The number of carbonyl (C=O) groups is 1. The third-order valence-corrected chi connectivity index (χ3v) is 4.89. The Labute approximate surface area is 120 Å². The zero-order valence-electron chi connectivity index (χ0n) is 12.2. The molecule has 3 nitrogen and oxygen atoms in total. The number of benzene rings is 1. The molecule has 1 unspecified atom stereocenters. The second-order valence-corrected chi connectivity index (χ2v) is 6.24. The van der Waals surface area contributed by atoms with E-state index in [0.29, 0.717) is 19.3 Å². The molecule has 2 aliphatic rings. The Balaban J connectivity index is 1.87. The maximum absolute atomic E-state index is 11.7. The molecule has 3 heteroatoms. The van der Waals surface area contributed by atoms with Gasteiger partial charge in [0.25, 0.3) is 0 Å². The molecule has 108 valence electrons. The molecular weight excluding hydrogens is 250 g/mol. The normalized spacial score (nSPS) is 25.1. The molecule has 1 saturated heterocycles. The summed E-state index contributed by atoms with van der Waals surface area (Å²) in [6, 6.07) is 9.12. The second-order valence-electron chi connectivity index (χ2n) is 6.24. The van der Waals surface area contributed by atoms with Gasteiger partial charge < -0.3 is 14.4 Å². The standard InChI is InChI=1S/C17H23NO2/c1-14-6-7-15-4-2-3-5-16(15)18(14)12-17(13-19)8-10-20-11-9-17/h2-5,13-14H,6-12H2,1H3. The zero-order valence-corrected chi connectivity index (χ0v) is 12.2. The van der Waals surface area contributed by atoms with Gasteiger partial charge >= 0.3 is 0 Å². The molecule has 2 aliphatic heterocycles. The van der Waals surface area contributed by atoms with Crippen LogP contribution in [0.3, 0.4) is 0 Å². The fourth-order valence-corrected chi connectivity index (χ4v) is 3.43. The van der Waals surface area contributed by atoms with Gasteiger partial charge in [-0.1, -0.05) is 18.2 Å². The number of nitrogens with zero attached hydrogens (tertiary/aromatic N) is 1. The molecule has 0 saturated carbocycles. The number of hydrogen-bond acceptors (Lipinski definition) is 3. The molecule has 0 amide bonds. The van der Waals surface area contributed by atoms with Crippen LogP contribution in [0, 0.1) is 5.41 Å². The largest absolute Gasteiger partial charge is 0.381 e. The lowest BCUT2D eigenvalue weighted by Gasteiger charge is -2.43. The van der Waals surface area contributed by atoms with Gasteiger partial charge in [0.2, 0.25) is 0 Å². The summed E-state index contributed by atoms with van der Waals surface area (Å²) in [7, 11) is 0. The van der Waals surface area contributed by atoms with Gasteiger partial charge in [-0.15, -0.1) is 0 Å². The number of carbonyl (C=O) groups excluding carboxylic acids is 1. The Morgan fingerprint density at radius 3 is 2.85 bits per heavy atom. The van der Waals surface area contributed by atoms with Crippen LogP contribution >= 0.6 is 0 Å². The molecular formula is C17H23NO2. The molecule has 0 bridgehead atoms. The highest BCUT2D eigenvalue weighted by molar-refractivity contribution is 5.64.